The van der Waals surface area contributed by atoms with Gasteiger partial charge in [-0.05, 0) is 28.6 Å². The molecule has 1 heterocycles. The van der Waals surface area contributed by atoms with E-state index in [1.165, 1.54) is 16.8 Å². The number of nitrogens with zero attached hydrogens (tertiary/aromatic N) is 4. The number of aromatic nitrogens is 4. The molecule has 0 amide bonds. The van der Waals surface area contributed by atoms with E-state index in [2.05, 4.69) is 20.8 Å². The molecular weight excluding hydrogens is 347 g/mol. The minimum Gasteiger partial charge on any atom is -0.349 e. The van der Waals surface area contributed by atoms with Crippen molar-refractivity contribution in [1.82, 2.24) is 20.2 Å². The molecule has 0 saturated carbocycles. The lowest BCUT2D eigenvalue weighted by atomic mass is 10.2. The Morgan fingerprint density at radius 1 is 1.13 bits per heavy atom. The molecule has 0 unspecified atom stereocenters. The largest absolute Gasteiger partial charge is 0.349 e. The lowest BCUT2D eigenvalue weighted by Gasteiger charge is -2.09. The summed E-state index contributed by atoms with van der Waals surface area (Å²) in [7, 11) is 0. The molecule has 0 spiro atoms. The molecule has 2 aromatic carbocycles. The van der Waals surface area contributed by atoms with Crippen LogP contribution >= 0.6 is 23.2 Å². The average molecular weight is 356 g/mol. The van der Waals surface area contributed by atoms with Gasteiger partial charge in [0.25, 0.3) is 0 Å². The predicted molar refractivity (Wildman–Crippen MR) is 82.9 cm³/mol. The molecule has 23 heavy (non-hydrogen) atoms. The Hall–Kier alpha value is -2.25. The van der Waals surface area contributed by atoms with Crippen LogP contribution in [-0.2, 0) is 6.54 Å². The summed E-state index contributed by atoms with van der Waals surface area (Å²) in [6.07, 6.45) is 0. The maximum Gasteiger partial charge on any atom is 0.248 e. The van der Waals surface area contributed by atoms with Crippen molar-refractivity contribution >= 4 is 29.2 Å². The molecule has 0 saturated heterocycles. The molecule has 0 aliphatic rings. The summed E-state index contributed by atoms with van der Waals surface area (Å²) >= 11 is 12.1. The second-order valence-corrected chi connectivity index (χ2v) is 5.36. The summed E-state index contributed by atoms with van der Waals surface area (Å²) in [5, 5.41) is 14.7. The second kappa shape index (κ2) is 6.47. The number of nitrogens with one attached hydrogen (secondary N) is 1. The highest BCUT2D eigenvalue weighted by atomic mass is 35.5. The summed E-state index contributed by atoms with van der Waals surface area (Å²) < 4.78 is 27.9. The first-order valence-corrected chi connectivity index (χ1v) is 7.22. The SMILES string of the molecule is Fc1ccc(CNc2nnnn2-c2cccc(Cl)c2Cl)c(F)c1. The molecule has 1 aromatic heterocycles. The Bertz CT molecular complexity index is 853. The number of rotatable bonds is 4. The fraction of sp³-hybridized carbons (Fsp3) is 0.0714. The van der Waals surface area contributed by atoms with Crippen LogP contribution in [0.2, 0.25) is 10.0 Å². The van der Waals surface area contributed by atoms with Gasteiger partial charge in [0.15, 0.2) is 0 Å². The van der Waals surface area contributed by atoms with Crippen molar-refractivity contribution in [2.45, 2.75) is 6.54 Å². The smallest absolute Gasteiger partial charge is 0.248 e. The van der Waals surface area contributed by atoms with Gasteiger partial charge in [-0.1, -0.05) is 40.4 Å². The summed E-state index contributed by atoms with van der Waals surface area (Å²) in [6.45, 7) is 0.0741. The first-order valence-electron chi connectivity index (χ1n) is 6.47. The van der Waals surface area contributed by atoms with Crippen LogP contribution in [0.4, 0.5) is 14.7 Å². The van der Waals surface area contributed by atoms with E-state index in [9.17, 15) is 8.78 Å². The molecule has 118 valence electrons. The van der Waals surface area contributed by atoms with Crippen LogP contribution in [0, 0.1) is 11.6 Å². The van der Waals surface area contributed by atoms with Gasteiger partial charge in [0.2, 0.25) is 5.95 Å². The monoisotopic (exact) mass is 355 g/mol. The highest BCUT2D eigenvalue weighted by Crippen LogP contribution is 2.29. The predicted octanol–water partition coefficient (Wildman–Crippen LogP) is 3.86. The second-order valence-electron chi connectivity index (χ2n) is 4.58. The minimum atomic E-state index is -0.655. The number of tetrazole rings is 1. The van der Waals surface area contributed by atoms with Gasteiger partial charge in [-0.25, -0.2) is 8.78 Å². The zero-order valence-corrected chi connectivity index (χ0v) is 13.0. The number of halogens is 4. The van der Waals surface area contributed by atoms with E-state index >= 15 is 0 Å². The van der Waals surface area contributed by atoms with Crippen LogP contribution in [0.25, 0.3) is 5.69 Å². The summed E-state index contributed by atoms with van der Waals surface area (Å²) in [5.41, 5.74) is 0.754. The molecule has 0 atom stereocenters. The van der Waals surface area contributed by atoms with Gasteiger partial charge in [-0.15, -0.1) is 0 Å². The third-order valence-electron chi connectivity index (χ3n) is 3.08. The van der Waals surface area contributed by atoms with Gasteiger partial charge in [0.1, 0.15) is 11.6 Å². The quantitative estimate of drug-likeness (QED) is 0.771. The Morgan fingerprint density at radius 2 is 1.96 bits per heavy atom. The van der Waals surface area contributed by atoms with E-state index in [1.807, 2.05) is 0 Å². The van der Waals surface area contributed by atoms with Gasteiger partial charge in [0, 0.05) is 18.2 Å². The van der Waals surface area contributed by atoms with Crippen LogP contribution in [0.3, 0.4) is 0 Å². The molecule has 0 aliphatic carbocycles. The van der Waals surface area contributed by atoms with E-state index in [1.54, 1.807) is 18.2 Å². The highest BCUT2D eigenvalue weighted by molar-refractivity contribution is 6.43. The van der Waals surface area contributed by atoms with Crippen LogP contribution < -0.4 is 5.32 Å². The number of hydrogen-bond donors (Lipinski definition) is 1. The Labute approximate surface area is 139 Å². The molecule has 3 aromatic rings. The number of hydrogen-bond acceptors (Lipinski definition) is 4. The van der Waals surface area contributed by atoms with Gasteiger partial charge >= 0.3 is 0 Å². The first-order chi connectivity index (χ1) is 11.1. The molecular formula is C14H9Cl2F2N5. The van der Waals surface area contributed by atoms with Gasteiger partial charge in [-0.3, -0.25) is 0 Å². The Kier molecular flexibility index (Phi) is 4.40. The highest BCUT2D eigenvalue weighted by Gasteiger charge is 2.13. The molecule has 0 bridgehead atoms. The van der Waals surface area contributed by atoms with Crippen LogP contribution in [0.5, 0.6) is 0 Å². The molecule has 1 N–H and O–H groups in total. The van der Waals surface area contributed by atoms with E-state index in [0.717, 1.165) is 6.07 Å². The van der Waals surface area contributed by atoms with E-state index < -0.39 is 11.6 Å². The summed E-state index contributed by atoms with van der Waals surface area (Å²) in [6, 6.07) is 8.37. The van der Waals surface area contributed by atoms with Crippen molar-refractivity contribution in [1.29, 1.82) is 0 Å². The first kappa shape index (κ1) is 15.6. The van der Waals surface area contributed by atoms with Gasteiger partial charge < -0.3 is 5.32 Å². The zero-order chi connectivity index (χ0) is 16.4. The van der Waals surface area contributed by atoms with Crippen LogP contribution in [0.1, 0.15) is 5.56 Å². The average Bonchev–Trinajstić information content (AvgIpc) is 2.97. The fourth-order valence-electron chi connectivity index (χ4n) is 1.95. The Morgan fingerprint density at radius 3 is 2.74 bits per heavy atom. The van der Waals surface area contributed by atoms with Crippen molar-refractivity contribution in [3.05, 3.63) is 63.6 Å². The molecule has 0 aliphatic heterocycles. The molecule has 0 fully saturated rings. The minimum absolute atomic E-state index is 0.0741. The fourth-order valence-corrected chi connectivity index (χ4v) is 2.33. The molecule has 5 nitrogen and oxygen atoms in total. The lowest BCUT2D eigenvalue weighted by Crippen LogP contribution is -2.09. The standard InChI is InChI=1S/C14H9Cl2F2N5/c15-10-2-1-3-12(13(10)16)23-14(20-21-22-23)19-7-8-4-5-9(17)6-11(8)18/h1-6H,7H2,(H,19,20,22). The Balaban J connectivity index is 1.85. The number of benzene rings is 2. The third kappa shape index (κ3) is 3.25. The zero-order valence-electron chi connectivity index (χ0n) is 11.5. The van der Waals surface area contributed by atoms with E-state index in [-0.39, 0.29) is 23.1 Å². The van der Waals surface area contributed by atoms with Crippen LogP contribution in [-0.4, -0.2) is 20.2 Å². The van der Waals surface area contributed by atoms with Crippen molar-refractivity contribution in [3.8, 4) is 5.69 Å². The van der Waals surface area contributed by atoms with Gasteiger partial charge in [0.05, 0.1) is 15.7 Å². The number of anilines is 1. The van der Waals surface area contributed by atoms with E-state index in [0.29, 0.717) is 10.7 Å². The van der Waals surface area contributed by atoms with Crippen molar-refractivity contribution in [3.63, 3.8) is 0 Å². The van der Waals surface area contributed by atoms with Crippen molar-refractivity contribution in [2.75, 3.05) is 5.32 Å². The summed E-state index contributed by atoms with van der Waals surface area (Å²) in [5.74, 6) is -1.04. The van der Waals surface area contributed by atoms with Crippen molar-refractivity contribution in [2.24, 2.45) is 0 Å². The van der Waals surface area contributed by atoms with Crippen LogP contribution in [0.15, 0.2) is 36.4 Å². The topological polar surface area (TPSA) is 55.6 Å². The van der Waals surface area contributed by atoms with Crippen molar-refractivity contribution < 1.29 is 8.78 Å². The molecule has 9 heteroatoms. The summed E-state index contributed by atoms with van der Waals surface area (Å²) in [4.78, 5) is 0. The van der Waals surface area contributed by atoms with E-state index in [4.69, 9.17) is 23.2 Å². The molecule has 3 rings (SSSR count). The normalized spacial score (nSPS) is 10.8. The lowest BCUT2D eigenvalue weighted by molar-refractivity contribution is 0.574. The maximum absolute atomic E-state index is 13.6. The third-order valence-corrected chi connectivity index (χ3v) is 3.89. The van der Waals surface area contributed by atoms with Gasteiger partial charge in [-0.2, -0.15) is 4.68 Å². The maximum atomic E-state index is 13.6. The molecule has 0 radical (unpaired) electrons.